The lowest BCUT2D eigenvalue weighted by molar-refractivity contribution is 0.402. The van der Waals surface area contributed by atoms with E-state index in [1.165, 1.54) is 25.7 Å². The first kappa shape index (κ1) is 17.6. The Kier molecular flexibility index (Phi) is 4.83. The molecule has 3 aromatic rings. The quantitative estimate of drug-likeness (QED) is 0.655. The van der Waals surface area contributed by atoms with Gasteiger partial charge in [0.25, 0.3) is 0 Å². The molecule has 1 aromatic carbocycles. The molecule has 1 fully saturated rings. The van der Waals surface area contributed by atoms with Gasteiger partial charge in [-0.05, 0) is 38.0 Å². The van der Waals surface area contributed by atoms with E-state index in [-0.39, 0.29) is 0 Å². The summed E-state index contributed by atoms with van der Waals surface area (Å²) in [5, 5.41) is 4.65. The number of rotatable bonds is 6. The first-order valence-corrected chi connectivity index (χ1v) is 9.26. The van der Waals surface area contributed by atoms with Gasteiger partial charge < -0.3 is 13.9 Å². The highest BCUT2D eigenvalue weighted by Crippen LogP contribution is 2.34. The lowest BCUT2D eigenvalue weighted by Crippen LogP contribution is -2.04. The molecule has 4 rings (SSSR count). The van der Waals surface area contributed by atoms with E-state index in [0.29, 0.717) is 24.1 Å². The maximum atomic E-state index is 5.91. The largest absolute Gasteiger partial charge is 0.497 e. The minimum atomic E-state index is 0.501. The molecule has 0 aliphatic heterocycles. The van der Waals surface area contributed by atoms with Gasteiger partial charge in [-0.1, -0.05) is 12.8 Å². The van der Waals surface area contributed by atoms with Crippen LogP contribution in [0.25, 0.3) is 11.5 Å². The highest BCUT2D eigenvalue weighted by molar-refractivity contribution is 5.65. The zero-order chi connectivity index (χ0) is 18.8. The normalized spacial score (nSPS) is 14.6. The predicted molar refractivity (Wildman–Crippen MR) is 100 cm³/mol. The second kappa shape index (κ2) is 7.42. The smallest absolute Gasteiger partial charge is 0.230 e. The molecular formula is C20H24N4O3. The van der Waals surface area contributed by atoms with Gasteiger partial charge in [0.05, 0.1) is 26.3 Å². The number of hydrogen-bond acceptors (Lipinski definition) is 6. The zero-order valence-corrected chi connectivity index (χ0v) is 15.9. The van der Waals surface area contributed by atoms with Crippen molar-refractivity contribution in [2.24, 2.45) is 0 Å². The van der Waals surface area contributed by atoms with E-state index in [4.69, 9.17) is 13.9 Å². The van der Waals surface area contributed by atoms with Gasteiger partial charge in [-0.3, -0.25) is 0 Å². The van der Waals surface area contributed by atoms with Crippen LogP contribution in [0.3, 0.4) is 0 Å². The molecule has 0 atom stereocenters. The van der Waals surface area contributed by atoms with Crippen molar-refractivity contribution in [1.29, 1.82) is 0 Å². The van der Waals surface area contributed by atoms with Crippen molar-refractivity contribution < 1.29 is 13.9 Å². The molecule has 2 heterocycles. The second-order valence-corrected chi connectivity index (χ2v) is 6.87. The van der Waals surface area contributed by atoms with E-state index >= 15 is 0 Å². The monoisotopic (exact) mass is 368 g/mol. The van der Waals surface area contributed by atoms with Gasteiger partial charge in [0, 0.05) is 5.92 Å². The Balaban J connectivity index is 1.59. The fraction of sp³-hybridized carbons (Fsp3) is 0.450. The summed E-state index contributed by atoms with van der Waals surface area (Å²) in [6.07, 6.45) is 6.70. The molecule has 0 spiro atoms. The molecular weight excluding hydrogens is 344 g/mol. The van der Waals surface area contributed by atoms with Crippen LogP contribution in [0.5, 0.6) is 11.5 Å². The number of aromatic nitrogens is 4. The van der Waals surface area contributed by atoms with E-state index in [9.17, 15) is 0 Å². The van der Waals surface area contributed by atoms with Crippen molar-refractivity contribution in [3.05, 3.63) is 41.8 Å². The summed E-state index contributed by atoms with van der Waals surface area (Å²) >= 11 is 0. The molecule has 7 heteroatoms. The molecule has 1 aliphatic carbocycles. The highest BCUT2D eigenvalue weighted by Gasteiger charge is 2.21. The molecule has 0 amide bonds. The van der Waals surface area contributed by atoms with Gasteiger partial charge in [-0.2, -0.15) is 5.10 Å². The summed E-state index contributed by atoms with van der Waals surface area (Å²) in [6, 6.07) is 5.55. The molecule has 0 N–H and O–H groups in total. The molecule has 0 saturated heterocycles. The van der Waals surface area contributed by atoms with Crippen LogP contribution >= 0.6 is 0 Å². The number of benzene rings is 1. The third-order valence-electron chi connectivity index (χ3n) is 5.12. The van der Waals surface area contributed by atoms with E-state index in [0.717, 1.165) is 28.6 Å². The van der Waals surface area contributed by atoms with Gasteiger partial charge in [0.1, 0.15) is 29.3 Å². The summed E-state index contributed by atoms with van der Waals surface area (Å²) in [5.41, 5.74) is 1.59. The van der Waals surface area contributed by atoms with Crippen molar-refractivity contribution in [3.63, 3.8) is 0 Å². The Morgan fingerprint density at radius 3 is 2.74 bits per heavy atom. The van der Waals surface area contributed by atoms with Gasteiger partial charge in [0.15, 0.2) is 5.82 Å². The summed E-state index contributed by atoms with van der Waals surface area (Å²) in [6.45, 7) is 2.44. The molecule has 0 unspecified atom stereocenters. The topological polar surface area (TPSA) is 75.2 Å². The van der Waals surface area contributed by atoms with Gasteiger partial charge in [-0.25, -0.2) is 14.6 Å². The van der Waals surface area contributed by atoms with Crippen LogP contribution in [0, 0.1) is 6.92 Å². The highest BCUT2D eigenvalue weighted by atomic mass is 16.5. The van der Waals surface area contributed by atoms with E-state index in [1.54, 1.807) is 20.5 Å². The number of ether oxygens (including phenoxy) is 2. The van der Waals surface area contributed by atoms with Crippen LogP contribution in [-0.4, -0.2) is 34.0 Å². The zero-order valence-electron chi connectivity index (χ0n) is 15.9. The maximum absolute atomic E-state index is 5.91. The molecule has 2 aromatic heterocycles. The summed E-state index contributed by atoms with van der Waals surface area (Å²) in [7, 11) is 3.26. The molecule has 142 valence electrons. The second-order valence-electron chi connectivity index (χ2n) is 6.87. The van der Waals surface area contributed by atoms with Crippen molar-refractivity contribution in [1.82, 2.24) is 19.7 Å². The summed E-state index contributed by atoms with van der Waals surface area (Å²) < 4.78 is 18.5. The maximum Gasteiger partial charge on any atom is 0.230 e. The van der Waals surface area contributed by atoms with Crippen LogP contribution in [0.4, 0.5) is 0 Å². The molecule has 0 bridgehead atoms. The van der Waals surface area contributed by atoms with E-state index in [1.807, 2.05) is 29.8 Å². The van der Waals surface area contributed by atoms with Crippen LogP contribution in [0.15, 0.2) is 28.9 Å². The fourth-order valence-corrected chi connectivity index (χ4v) is 3.58. The third-order valence-corrected chi connectivity index (χ3v) is 5.12. The molecule has 1 aliphatic rings. The average molecular weight is 368 g/mol. The SMILES string of the molecule is COc1ccc(OC)c(-c2nc(Cn3cnc(C4CCCC4)n3)c(C)o2)c1. The number of hydrogen-bond donors (Lipinski definition) is 0. The Morgan fingerprint density at radius 1 is 1.19 bits per heavy atom. The van der Waals surface area contributed by atoms with Gasteiger partial charge in [0.2, 0.25) is 5.89 Å². The Hall–Kier alpha value is -2.83. The van der Waals surface area contributed by atoms with Crippen molar-refractivity contribution in [2.45, 2.75) is 45.1 Å². The summed E-state index contributed by atoms with van der Waals surface area (Å²) in [4.78, 5) is 9.17. The van der Waals surface area contributed by atoms with E-state index in [2.05, 4.69) is 15.1 Å². The molecule has 1 saturated carbocycles. The Labute approximate surface area is 158 Å². The standard InChI is InChI=1S/C20H24N4O3/c1-13-17(11-24-12-21-19(23-24)14-6-4-5-7-14)22-20(27-13)16-10-15(25-2)8-9-18(16)26-3/h8-10,12,14H,4-7,11H2,1-3H3. The minimum Gasteiger partial charge on any atom is -0.497 e. The third kappa shape index (κ3) is 3.54. The number of aryl methyl sites for hydroxylation is 1. The molecule has 0 radical (unpaired) electrons. The average Bonchev–Trinajstić information content (AvgIpc) is 3.43. The van der Waals surface area contributed by atoms with Crippen molar-refractivity contribution in [2.75, 3.05) is 14.2 Å². The molecule has 27 heavy (non-hydrogen) atoms. The first-order chi connectivity index (χ1) is 13.2. The lowest BCUT2D eigenvalue weighted by Gasteiger charge is -2.07. The molecule has 7 nitrogen and oxygen atoms in total. The minimum absolute atomic E-state index is 0.501. The van der Waals surface area contributed by atoms with Crippen LogP contribution in [0.2, 0.25) is 0 Å². The van der Waals surface area contributed by atoms with E-state index < -0.39 is 0 Å². The predicted octanol–water partition coefficient (Wildman–Crippen LogP) is 3.96. The Morgan fingerprint density at radius 2 is 2.00 bits per heavy atom. The summed E-state index contributed by atoms with van der Waals surface area (Å²) in [5.74, 6) is 4.13. The fourth-order valence-electron chi connectivity index (χ4n) is 3.58. The van der Waals surface area contributed by atoms with Crippen molar-refractivity contribution >= 4 is 0 Å². The number of nitrogens with zero attached hydrogens (tertiary/aromatic N) is 4. The number of methoxy groups -OCH3 is 2. The van der Waals surface area contributed by atoms with Gasteiger partial charge in [-0.15, -0.1) is 0 Å². The Bertz CT molecular complexity index is 925. The van der Waals surface area contributed by atoms with Crippen molar-refractivity contribution in [3.8, 4) is 23.0 Å². The number of oxazole rings is 1. The van der Waals surface area contributed by atoms with Crippen LogP contribution in [0.1, 0.15) is 48.9 Å². The first-order valence-electron chi connectivity index (χ1n) is 9.26. The lowest BCUT2D eigenvalue weighted by atomic mass is 10.1. The van der Waals surface area contributed by atoms with Crippen LogP contribution in [-0.2, 0) is 6.54 Å². The van der Waals surface area contributed by atoms with Crippen LogP contribution < -0.4 is 9.47 Å². The van der Waals surface area contributed by atoms with Gasteiger partial charge >= 0.3 is 0 Å².